The van der Waals surface area contributed by atoms with Crippen LogP contribution in [0.3, 0.4) is 0 Å². The maximum atomic E-state index is 13.0. The van der Waals surface area contributed by atoms with Gasteiger partial charge in [-0.1, -0.05) is 36.4 Å². The Morgan fingerprint density at radius 3 is 2.86 bits per heavy atom. The Bertz CT molecular complexity index is 1180. The lowest BCUT2D eigenvalue weighted by Crippen LogP contribution is -2.11. The monoisotopic (exact) mass is 368 g/mol. The highest BCUT2D eigenvalue weighted by Crippen LogP contribution is 2.24. The zero-order valence-corrected chi connectivity index (χ0v) is 15.6. The number of hydrogen-bond acceptors (Lipinski definition) is 3. The minimum atomic E-state index is -0.143. The van der Waals surface area contributed by atoms with Crippen molar-refractivity contribution in [2.24, 2.45) is 0 Å². The number of para-hydroxylation sites is 1. The number of fused-ring (bicyclic) bond motifs is 1. The lowest BCUT2D eigenvalue weighted by molar-refractivity contribution is 0.102. The van der Waals surface area contributed by atoms with E-state index >= 15 is 0 Å². The predicted molar refractivity (Wildman–Crippen MR) is 112 cm³/mol. The molecule has 4 rings (SSSR count). The maximum Gasteiger partial charge on any atom is 0.257 e. The number of amides is 1. The molecule has 5 nitrogen and oxygen atoms in total. The number of carbonyl (C=O) groups is 1. The number of hydrogen-bond donors (Lipinski definition) is 1. The van der Waals surface area contributed by atoms with Gasteiger partial charge in [0.25, 0.3) is 5.91 Å². The average Bonchev–Trinajstić information content (AvgIpc) is 3.07. The van der Waals surface area contributed by atoms with Crippen LogP contribution in [0.15, 0.2) is 79.6 Å². The van der Waals surface area contributed by atoms with E-state index in [2.05, 4.69) is 21.9 Å². The Labute approximate surface area is 163 Å². The molecule has 0 aliphatic heterocycles. The largest absolute Gasteiger partial charge is 0.343 e. The number of anilines is 1. The molecule has 2 aromatic carbocycles. The Morgan fingerprint density at radius 2 is 2.04 bits per heavy atom. The molecule has 4 aromatic rings. The van der Waals surface area contributed by atoms with E-state index in [0.29, 0.717) is 17.9 Å². The first-order chi connectivity index (χ1) is 13.7. The van der Waals surface area contributed by atoms with E-state index in [4.69, 9.17) is 0 Å². The molecule has 0 radical (unpaired) electrons. The molecule has 0 atom stereocenters. The van der Waals surface area contributed by atoms with E-state index in [1.165, 1.54) is 0 Å². The summed E-state index contributed by atoms with van der Waals surface area (Å²) in [5.41, 5.74) is 4.13. The topological polar surface area (TPSA) is 59.8 Å². The van der Waals surface area contributed by atoms with Gasteiger partial charge in [-0.2, -0.15) is 0 Å². The lowest BCUT2D eigenvalue weighted by Gasteiger charge is -2.07. The van der Waals surface area contributed by atoms with E-state index in [-0.39, 0.29) is 5.91 Å². The minimum absolute atomic E-state index is 0.143. The van der Waals surface area contributed by atoms with E-state index in [1.807, 2.05) is 78.4 Å². The van der Waals surface area contributed by atoms with Crippen molar-refractivity contribution in [1.29, 1.82) is 0 Å². The molecule has 0 aliphatic rings. The zero-order valence-electron chi connectivity index (χ0n) is 15.6. The summed E-state index contributed by atoms with van der Waals surface area (Å²) >= 11 is 0. The van der Waals surface area contributed by atoms with Crippen molar-refractivity contribution >= 4 is 22.5 Å². The molecule has 2 heterocycles. The molecule has 0 fully saturated rings. The lowest BCUT2D eigenvalue weighted by atomic mass is 10.1. The molecule has 5 heteroatoms. The van der Waals surface area contributed by atoms with Gasteiger partial charge >= 0.3 is 0 Å². The quantitative estimate of drug-likeness (QED) is 0.513. The van der Waals surface area contributed by atoms with E-state index in [1.54, 1.807) is 6.20 Å². The standard InChI is InChI=1S/C23H20N4O/c1-3-13-27-15-20(19-9-4-5-10-22(19)27)23(28)26-18-8-6-7-17(14-18)21-11-12-24-16(2)25-21/h3-12,14-15H,1,13H2,2H3,(H,26,28). The Morgan fingerprint density at radius 1 is 1.18 bits per heavy atom. The number of allylic oxidation sites excluding steroid dienone is 1. The third kappa shape index (κ3) is 3.42. The Kier molecular flexibility index (Phi) is 4.72. The van der Waals surface area contributed by atoms with Crippen molar-refractivity contribution in [1.82, 2.24) is 14.5 Å². The second-order valence-electron chi connectivity index (χ2n) is 6.52. The molecule has 2 aromatic heterocycles. The molecular weight excluding hydrogens is 348 g/mol. The van der Waals surface area contributed by atoms with Crippen molar-refractivity contribution in [2.45, 2.75) is 13.5 Å². The SMILES string of the molecule is C=CCn1cc(C(=O)Nc2cccc(-c3ccnc(C)n3)c2)c2ccccc21. The molecule has 0 saturated heterocycles. The van der Waals surface area contributed by atoms with Gasteiger partial charge in [-0.15, -0.1) is 6.58 Å². The summed E-state index contributed by atoms with van der Waals surface area (Å²) in [6.07, 6.45) is 5.43. The number of aromatic nitrogens is 3. The van der Waals surface area contributed by atoms with Gasteiger partial charge in [-0.05, 0) is 31.2 Å². The molecule has 1 amide bonds. The number of nitrogens with zero attached hydrogens (tertiary/aromatic N) is 3. The van der Waals surface area contributed by atoms with Crippen LogP contribution in [0, 0.1) is 6.92 Å². The summed E-state index contributed by atoms with van der Waals surface area (Å²) in [6, 6.07) is 17.4. The van der Waals surface area contributed by atoms with E-state index in [0.717, 1.165) is 27.8 Å². The van der Waals surface area contributed by atoms with Crippen molar-refractivity contribution < 1.29 is 4.79 Å². The van der Waals surface area contributed by atoms with Gasteiger partial charge in [0.2, 0.25) is 0 Å². The predicted octanol–water partition coefficient (Wildman–Crippen LogP) is 4.85. The van der Waals surface area contributed by atoms with E-state index < -0.39 is 0 Å². The van der Waals surface area contributed by atoms with Crippen LogP contribution in [0.25, 0.3) is 22.2 Å². The number of rotatable bonds is 5. The fourth-order valence-corrected chi connectivity index (χ4v) is 3.29. The Hall–Kier alpha value is -3.73. The van der Waals surface area contributed by atoms with Crippen molar-refractivity contribution in [3.05, 3.63) is 91.0 Å². The molecule has 0 spiro atoms. The van der Waals surface area contributed by atoms with Crippen LogP contribution in [0.4, 0.5) is 5.69 Å². The first-order valence-corrected chi connectivity index (χ1v) is 9.06. The molecule has 0 aliphatic carbocycles. The number of carbonyl (C=O) groups excluding carboxylic acids is 1. The molecular formula is C23H20N4O. The summed E-state index contributed by atoms with van der Waals surface area (Å²) in [5.74, 6) is 0.567. The minimum Gasteiger partial charge on any atom is -0.343 e. The van der Waals surface area contributed by atoms with E-state index in [9.17, 15) is 4.79 Å². The zero-order chi connectivity index (χ0) is 19.5. The first-order valence-electron chi connectivity index (χ1n) is 9.06. The Balaban J connectivity index is 1.65. The molecule has 0 unspecified atom stereocenters. The van der Waals surface area contributed by atoms with Gasteiger partial charge in [0.1, 0.15) is 5.82 Å². The summed E-state index contributed by atoms with van der Waals surface area (Å²) in [5, 5.41) is 3.93. The van der Waals surface area contributed by atoms with Crippen LogP contribution in [-0.4, -0.2) is 20.4 Å². The van der Waals surface area contributed by atoms with Gasteiger partial charge in [0, 0.05) is 41.1 Å². The fraction of sp³-hybridized carbons (Fsp3) is 0.0870. The maximum absolute atomic E-state index is 13.0. The van der Waals surface area contributed by atoms with Gasteiger partial charge in [0.05, 0.1) is 11.3 Å². The third-order valence-electron chi connectivity index (χ3n) is 4.55. The fourth-order valence-electron chi connectivity index (χ4n) is 3.29. The average molecular weight is 368 g/mol. The number of benzene rings is 2. The van der Waals surface area contributed by atoms with Gasteiger partial charge in [0.15, 0.2) is 0 Å². The van der Waals surface area contributed by atoms with Gasteiger partial charge in [-0.25, -0.2) is 9.97 Å². The van der Waals surface area contributed by atoms with Crippen molar-refractivity contribution in [2.75, 3.05) is 5.32 Å². The first kappa shape index (κ1) is 17.7. The van der Waals surface area contributed by atoms with Crippen LogP contribution in [-0.2, 0) is 6.54 Å². The molecule has 0 bridgehead atoms. The van der Waals surface area contributed by atoms with Crippen LogP contribution >= 0.6 is 0 Å². The van der Waals surface area contributed by atoms with Crippen LogP contribution < -0.4 is 5.32 Å². The summed E-state index contributed by atoms with van der Waals surface area (Å²) in [7, 11) is 0. The molecule has 138 valence electrons. The van der Waals surface area contributed by atoms with Gasteiger partial charge < -0.3 is 9.88 Å². The molecule has 28 heavy (non-hydrogen) atoms. The number of nitrogens with one attached hydrogen (secondary N) is 1. The van der Waals surface area contributed by atoms with Gasteiger partial charge in [-0.3, -0.25) is 4.79 Å². The normalized spacial score (nSPS) is 10.8. The van der Waals surface area contributed by atoms with Crippen LogP contribution in [0.1, 0.15) is 16.2 Å². The van der Waals surface area contributed by atoms with Crippen LogP contribution in [0.5, 0.6) is 0 Å². The highest BCUT2D eigenvalue weighted by molar-refractivity contribution is 6.13. The highest BCUT2D eigenvalue weighted by Gasteiger charge is 2.15. The van der Waals surface area contributed by atoms with Crippen molar-refractivity contribution in [3.8, 4) is 11.3 Å². The number of aryl methyl sites for hydroxylation is 1. The summed E-state index contributed by atoms with van der Waals surface area (Å²) in [6.45, 7) is 6.30. The highest BCUT2D eigenvalue weighted by atomic mass is 16.1. The van der Waals surface area contributed by atoms with Crippen LogP contribution in [0.2, 0.25) is 0 Å². The second kappa shape index (κ2) is 7.48. The summed E-state index contributed by atoms with van der Waals surface area (Å²) < 4.78 is 2.03. The smallest absolute Gasteiger partial charge is 0.257 e. The third-order valence-corrected chi connectivity index (χ3v) is 4.55. The molecule has 1 N–H and O–H groups in total. The summed E-state index contributed by atoms with van der Waals surface area (Å²) in [4.78, 5) is 21.6. The second-order valence-corrected chi connectivity index (χ2v) is 6.52. The van der Waals surface area contributed by atoms with Crippen molar-refractivity contribution in [3.63, 3.8) is 0 Å². The molecule has 0 saturated carbocycles.